The first-order valence-electron chi connectivity index (χ1n) is 7.85. The maximum absolute atomic E-state index is 11.2. The highest BCUT2D eigenvalue weighted by atomic mass is 16.6. The van der Waals surface area contributed by atoms with Gasteiger partial charge in [-0.2, -0.15) is 5.10 Å². The molecule has 0 saturated carbocycles. The molecule has 0 aliphatic heterocycles. The van der Waals surface area contributed by atoms with Crippen molar-refractivity contribution in [2.45, 2.75) is 6.42 Å². The molecule has 0 bridgehead atoms. The summed E-state index contributed by atoms with van der Waals surface area (Å²) in [5.74, 6) is 0.684. The Morgan fingerprint density at radius 1 is 1.07 bits per heavy atom. The summed E-state index contributed by atoms with van der Waals surface area (Å²) >= 11 is 0. The van der Waals surface area contributed by atoms with Crippen molar-refractivity contribution in [1.82, 2.24) is 0 Å². The predicted octanol–water partition coefficient (Wildman–Crippen LogP) is 3.36. The number of anilines is 1. The lowest BCUT2D eigenvalue weighted by molar-refractivity contribution is -0.393. The van der Waals surface area contributed by atoms with Gasteiger partial charge in [0, 0.05) is 19.6 Å². The molecule has 1 N–H and O–H groups in total. The zero-order valence-corrected chi connectivity index (χ0v) is 14.7. The van der Waals surface area contributed by atoms with Gasteiger partial charge in [0.25, 0.3) is 5.69 Å². The first-order chi connectivity index (χ1) is 13.0. The minimum Gasteiger partial charge on any atom is -0.497 e. The first kappa shape index (κ1) is 19.8. The molecule has 2 rings (SSSR count). The van der Waals surface area contributed by atoms with Crippen LogP contribution in [0.4, 0.5) is 17.1 Å². The molecular weight excluding hydrogens is 356 g/mol. The van der Waals surface area contributed by atoms with Crippen LogP contribution in [-0.2, 0) is 4.74 Å². The third kappa shape index (κ3) is 5.22. The molecule has 0 spiro atoms. The molecule has 0 saturated heterocycles. The van der Waals surface area contributed by atoms with Crippen LogP contribution < -0.4 is 10.2 Å². The number of non-ortho nitro benzene ring substituents is 1. The lowest BCUT2D eigenvalue weighted by atomic mass is 10.1. The highest BCUT2D eigenvalue weighted by molar-refractivity contribution is 6.01. The number of benzene rings is 2. The van der Waals surface area contributed by atoms with Gasteiger partial charge >= 0.3 is 5.69 Å². The van der Waals surface area contributed by atoms with Gasteiger partial charge in [-0.05, 0) is 35.9 Å². The van der Waals surface area contributed by atoms with Crippen LogP contribution in [0.3, 0.4) is 0 Å². The van der Waals surface area contributed by atoms with Crippen molar-refractivity contribution in [1.29, 1.82) is 0 Å². The Balaban J connectivity index is 2.34. The molecule has 0 aromatic heterocycles. The number of methoxy groups -OCH3 is 2. The van der Waals surface area contributed by atoms with Crippen molar-refractivity contribution in [2.24, 2.45) is 5.10 Å². The van der Waals surface area contributed by atoms with Crippen LogP contribution in [0.2, 0.25) is 0 Å². The summed E-state index contributed by atoms with van der Waals surface area (Å²) in [5, 5.41) is 26.3. The van der Waals surface area contributed by atoms with Gasteiger partial charge in [0.1, 0.15) is 11.4 Å². The fraction of sp³-hybridized carbons (Fsp3) is 0.235. The van der Waals surface area contributed by atoms with Crippen LogP contribution >= 0.6 is 0 Å². The van der Waals surface area contributed by atoms with Crippen molar-refractivity contribution in [2.75, 3.05) is 26.3 Å². The van der Waals surface area contributed by atoms with Gasteiger partial charge in [-0.15, -0.1) is 0 Å². The quantitative estimate of drug-likeness (QED) is 0.404. The van der Waals surface area contributed by atoms with Gasteiger partial charge < -0.3 is 9.47 Å². The number of nitro groups is 2. The third-order valence-electron chi connectivity index (χ3n) is 3.67. The van der Waals surface area contributed by atoms with E-state index in [1.165, 1.54) is 12.1 Å². The maximum Gasteiger partial charge on any atom is 0.301 e. The van der Waals surface area contributed by atoms with Crippen LogP contribution in [0.25, 0.3) is 0 Å². The average molecular weight is 374 g/mol. The molecule has 0 aliphatic carbocycles. The minimum absolute atomic E-state index is 0.0500. The van der Waals surface area contributed by atoms with Crippen LogP contribution in [0, 0.1) is 20.2 Å². The van der Waals surface area contributed by atoms with Crippen LogP contribution in [0.1, 0.15) is 12.0 Å². The molecule has 10 heteroatoms. The second-order valence-electron chi connectivity index (χ2n) is 5.36. The number of hydrazone groups is 1. The van der Waals surface area contributed by atoms with Crippen LogP contribution in [0.15, 0.2) is 47.6 Å². The summed E-state index contributed by atoms with van der Waals surface area (Å²) in [5.41, 5.74) is 3.26. The van der Waals surface area contributed by atoms with Gasteiger partial charge in [-0.25, -0.2) is 0 Å². The first-order valence-corrected chi connectivity index (χ1v) is 7.85. The molecule has 27 heavy (non-hydrogen) atoms. The summed E-state index contributed by atoms with van der Waals surface area (Å²) in [6, 6.07) is 10.5. The van der Waals surface area contributed by atoms with E-state index in [1.54, 1.807) is 38.5 Å². The third-order valence-corrected chi connectivity index (χ3v) is 3.67. The Bertz CT molecular complexity index is 851. The van der Waals surface area contributed by atoms with E-state index in [9.17, 15) is 20.2 Å². The SMILES string of the molecule is COCC/C(=N\Nc1ccc([N+](=O)[O-])cc1[N+](=O)[O-])c1ccc(OC)cc1. The number of nitrogens with one attached hydrogen (secondary N) is 1. The summed E-state index contributed by atoms with van der Waals surface area (Å²) in [4.78, 5) is 20.6. The van der Waals surface area contributed by atoms with E-state index in [0.29, 0.717) is 24.5 Å². The molecule has 0 heterocycles. The largest absolute Gasteiger partial charge is 0.497 e. The summed E-state index contributed by atoms with van der Waals surface area (Å²) in [7, 11) is 3.12. The number of nitrogens with zero attached hydrogens (tertiary/aromatic N) is 3. The van der Waals surface area contributed by atoms with E-state index in [2.05, 4.69) is 10.5 Å². The molecule has 2 aromatic rings. The maximum atomic E-state index is 11.2. The van der Waals surface area contributed by atoms with E-state index in [-0.39, 0.29) is 11.4 Å². The normalized spacial score (nSPS) is 11.1. The monoisotopic (exact) mass is 374 g/mol. The van der Waals surface area contributed by atoms with E-state index in [1.807, 2.05) is 0 Å². The smallest absolute Gasteiger partial charge is 0.301 e. The fourth-order valence-corrected chi connectivity index (χ4v) is 2.25. The minimum atomic E-state index is -0.701. The number of hydrogen-bond acceptors (Lipinski definition) is 8. The molecular formula is C17H18N4O6. The van der Waals surface area contributed by atoms with Gasteiger partial charge in [0.05, 0.1) is 35.3 Å². The topological polar surface area (TPSA) is 129 Å². The van der Waals surface area contributed by atoms with Crippen molar-refractivity contribution in [3.8, 4) is 5.75 Å². The molecule has 142 valence electrons. The van der Waals surface area contributed by atoms with Gasteiger partial charge in [-0.1, -0.05) is 0 Å². The van der Waals surface area contributed by atoms with E-state index >= 15 is 0 Å². The number of rotatable bonds is 9. The van der Waals surface area contributed by atoms with Crippen molar-refractivity contribution >= 4 is 22.8 Å². The van der Waals surface area contributed by atoms with E-state index in [0.717, 1.165) is 11.6 Å². The van der Waals surface area contributed by atoms with Gasteiger partial charge in [-0.3, -0.25) is 25.7 Å². The lowest BCUT2D eigenvalue weighted by Crippen LogP contribution is -2.08. The molecule has 0 radical (unpaired) electrons. The Hall–Kier alpha value is -3.53. The molecule has 0 amide bonds. The highest BCUT2D eigenvalue weighted by Gasteiger charge is 2.19. The van der Waals surface area contributed by atoms with Crippen LogP contribution in [0.5, 0.6) is 5.75 Å². The summed E-state index contributed by atoms with van der Waals surface area (Å²) < 4.78 is 10.2. The number of ether oxygens (including phenoxy) is 2. The average Bonchev–Trinajstić information content (AvgIpc) is 2.68. The Kier molecular flexibility index (Phi) is 6.78. The standard InChI is InChI=1S/C17H18N4O6/c1-26-10-9-15(12-3-6-14(27-2)7-4-12)18-19-16-8-5-13(20(22)23)11-17(16)21(24)25/h3-8,11,19H,9-10H2,1-2H3/b18-15+. The molecule has 10 nitrogen and oxygen atoms in total. The molecule has 0 unspecified atom stereocenters. The van der Waals surface area contributed by atoms with Gasteiger partial charge in [0.2, 0.25) is 0 Å². The van der Waals surface area contributed by atoms with Gasteiger partial charge in [0.15, 0.2) is 0 Å². The Labute approximate surface area is 154 Å². The molecule has 0 atom stereocenters. The molecule has 0 aliphatic rings. The number of hydrogen-bond donors (Lipinski definition) is 1. The second-order valence-corrected chi connectivity index (χ2v) is 5.36. The van der Waals surface area contributed by atoms with Crippen LogP contribution in [-0.4, -0.2) is 36.4 Å². The second kappa shape index (κ2) is 9.25. The summed E-state index contributed by atoms with van der Waals surface area (Å²) in [6.07, 6.45) is 0.455. The zero-order valence-electron chi connectivity index (χ0n) is 14.7. The zero-order chi connectivity index (χ0) is 19.8. The Morgan fingerprint density at radius 2 is 1.78 bits per heavy atom. The van der Waals surface area contributed by atoms with Crippen molar-refractivity contribution in [3.63, 3.8) is 0 Å². The van der Waals surface area contributed by atoms with E-state index in [4.69, 9.17) is 9.47 Å². The summed E-state index contributed by atoms with van der Waals surface area (Å²) in [6.45, 7) is 0.398. The predicted molar refractivity (Wildman–Crippen MR) is 99.4 cm³/mol. The lowest BCUT2D eigenvalue weighted by Gasteiger charge is -2.09. The highest BCUT2D eigenvalue weighted by Crippen LogP contribution is 2.29. The van der Waals surface area contributed by atoms with Crippen molar-refractivity contribution < 1.29 is 19.3 Å². The molecule has 0 fully saturated rings. The molecule has 2 aromatic carbocycles. The fourth-order valence-electron chi connectivity index (χ4n) is 2.25. The van der Waals surface area contributed by atoms with E-state index < -0.39 is 15.5 Å². The number of nitro benzene ring substituents is 2. The van der Waals surface area contributed by atoms with Crippen molar-refractivity contribution in [3.05, 3.63) is 68.3 Å². The Morgan fingerprint density at radius 3 is 2.33 bits per heavy atom.